The summed E-state index contributed by atoms with van der Waals surface area (Å²) in [5, 5.41) is 15.5. The number of fused-ring (bicyclic) bond motifs is 1. The maximum Gasteiger partial charge on any atom is 0.416 e. The number of hydrogen-bond donors (Lipinski definition) is 3. The summed E-state index contributed by atoms with van der Waals surface area (Å²) in [5.41, 5.74) is 1.30. The van der Waals surface area contributed by atoms with Crippen LogP contribution in [-0.2, 0) is 28.6 Å². The van der Waals surface area contributed by atoms with Crippen LogP contribution in [0.15, 0.2) is 24.3 Å². The Balaban J connectivity index is 1.32. The molecule has 1 fully saturated rings. The molecule has 1 aromatic carbocycles. The standard InChI is InChI=1S/C28H33F3N4O4/c1-16-12-20(28(29,30)31)13-17(2)24(16)26(37)34-22(27(38)39)14-18-7-10-35(11-8-18)23(36)15-21-6-5-19-4-3-9-32-25(19)33-21/h5-6,12-13,18,22H,3-4,7-11,14-15H2,1-2H3,(H,32,33)(H,34,37)(H,38,39). The van der Waals surface area contributed by atoms with Gasteiger partial charge in [0, 0.05) is 25.2 Å². The molecule has 1 saturated heterocycles. The SMILES string of the molecule is Cc1cc(C(F)(F)F)cc(C)c1C(=O)NC(CC1CCN(C(=O)Cc2ccc3c(n2)NCCC3)CC1)C(=O)O. The number of carbonyl (C=O) groups excluding carboxylic acids is 2. The summed E-state index contributed by atoms with van der Waals surface area (Å²) in [7, 11) is 0. The smallest absolute Gasteiger partial charge is 0.416 e. The molecule has 2 aromatic rings. The van der Waals surface area contributed by atoms with Crippen LogP contribution in [-0.4, -0.2) is 58.5 Å². The molecular weight excluding hydrogens is 513 g/mol. The van der Waals surface area contributed by atoms with Crippen LogP contribution in [0.2, 0.25) is 0 Å². The fourth-order valence-electron chi connectivity index (χ4n) is 5.42. The Labute approximate surface area is 225 Å². The van der Waals surface area contributed by atoms with Gasteiger partial charge in [-0.15, -0.1) is 0 Å². The molecule has 0 spiro atoms. The van der Waals surface area contributed by atoms with Crippen LogP contribution in [0.25, 0.3) is 0 Å². The summed E-state index contributed by atoms with van der Waals surface area (Å²) in [4.78, 5) is 44.0. The van der Waals surface area contributed by atoms with Crippen LogP contribution in [0, 0.1) is 19.8 Å². The number of amides is 2. The van der Waals surface area contributed by atoms with E-state index in [0.29, 0.717) is 31.6 Å². The second kappa shape index (κ2) is 11.6. The molecule has 210 valence electrons. The van der Waals surface area contributed by atoms with E-state index in [9.17, 15) is 32.7 Å². The summed E-state index contributed by atoms with van der Waals surface area (Å²) >= 11 is 0. The zero-order valence-corrected chi connectivity index (χ0v) is 22.0. The number of carboxylic acids is 1. The number of likely N-dealkylation sites (tertiary alicyclic amines) is 1. The molecule has 1 unspecified atom stereocenters. The topological polar surface area (TPSA) is 112 Å². The van der Waals surface area contributed by atoms with Gasteiger partial charge in [0.1, 0.15) is 11.9 Å². The Hall–Kier alpha value is -3.63. The number of alkyl halides is 3. The van der Waals surface area contributed by atoms with Gasteiger partial charge < -0.3 is 20.6 Å². The van der Waals surface area contributed by atoms with E-state index in [1.54, 1.807) is 4.90 Å². The van der Waals surface area contributed by atoms with Crippen molar-refractivity contribution >= 4 is 23.6 Å². The molecule has 8 nitrogen and oxygen atoms in total. The first-order valence-corrected chi connectivity index (χ1v) is 13.1. The van der Waals surface area contributed by atoms with E-state index in [2.05, 4.69) is 15.6 Å². The van der Waals surface area contributed by atoms with Crippen molar-refractivity contribution in [1.82, 2.24) is 15.2 Å². The van der Waals surface area contributed by atoms with Gasteiger partial charge in [0.2, 0.25) is 5.91 Å². The number of piperidine rings is 1. The number of aromatic nitrogens is 1. The molecule has 39 heavy (non-hydrogen) atoms. The highest BCUT2D eigenvalue weighted by atomic mass is 19.4. The Kier molecular flexibility index (Phi) is 8.46. The Morgan fingerprint density at radius 2 is 1.82 bits per heavy atom. The quantitative estimate of drug-likeness (QED) is 0.482. The second-order valence-electron chi connectivity index (χ2n) is 10.4. The van der Waals surface area contributed by atoms with Crippen molar-refractivity contribution < 1.29 is 32.7 Å². The predicted octanol–water partition coefficient (Wildman–Crippen LogP) is 4.13. The molecule has 1 atom stereocenters. The number of benzene rings is 1. The van der Waals surface area contributed by atoms with Crippen molar-refractivity contribution in [3.63, 3.8) is 0 Å². The average Bonchev–Trinajstić information content (AvgIpc) is 2.87. The average molecular weight is 547 g/mol. The van der Waals surface area contributed by atoms with Crippen LogP contribution in [0.4, 0.5) is 19.0 Å². The second-order valence-corrected chi connectivity index (χ2v) is 10.4. The summed E-state index contributed by atoms with van der Waals surface area (Å²) in [5.74, 6) is -1.15. The van der Waals surface area contributed by atoms with Gasteiger partial charge >= 0.3 is 12.1 Å². The lowest BCUT2D eigenvalue weighted by atomic mass is 9.89. The van der Waals surface area contributed by atoms with E-state index >= 15 is 0 Å². The molecule has 3 N–H and O–H groups in total. The molecular formula is C28H33F3N4O4. The van der Waals surface area contributed by atoms with Gasteiger partial charge in [0.25, 0.3) is 5.91 Å². The summed E-state index contributed by atoms with van der Waals surface area (Å²) in [6, 6.07) is 4.48. The first kappa shape index (κ1) is 28.4. The van der Waals surface area contributed by atoms with Crippen molar-refractivity contribution in [2.45, 2.75) is 64.6 Å². The van der Waals surface area contributed by atoms with Gasteiger partial charge in [-0.2, -0.15) is 13.2 Å². The zero-order valence-electron chi connectivity index (χ0n) is 22.0. The largest absolute Gasteiger partial charge is 0.480 e. The van der Waals surface area contributed by atoms with E-state index in [-0.39, 0.29) is 41.4 Å². The maximum absolute atomic E-state index is 13.1. The summed E-state index contributed by atoms with van der Waals surface area (Å²) < 4.78 is 39.3. The predicted molar refractivity (Wildman–Crippen MR) is 138 cm³/mol. The minimum Gasteiger partial charge on any atom is -0.480 e. The third kappa shape index (κ3) is 6.88. The first-order valence-electron chi connectivity index (χ1n) is 13.1. The fourth-order valence-corrected chi connectivity index (χ4v) is 5.42. The fraction of sp³-hybridized carbons (Fsp3) is 0.500. The lowest BCUT2D eigenvalue weighted by Gasteiger charge is -2.33. The number of aryl methyl sites for hydroxylation is 3. The van der Waals surface area contributed by atoms with Crippen LogP contribution in [0.5, 0.6) is 0 Å². The number of halogens is 3. The van der Waals surface area contributed by atoms with Crippen molar-refractivity contribution in [2.24, 2.45) is 5.92 Å². The molecule has 0 aliphatic carbocycles. The minimum absolute atomic E-state index is 0.0312. The van der Waals surface area contributed by atoms with Crippen LogP contribution >= 0.6 is 0 Å². The number of aliphatic carboxylic acids is 1. The van der Waals surface area contributed by atoms with E-state index in [1.807, 2.05) is 12.1 Å². The van der Waals surface area contributed by atoms with E-state index < -0.39 is 29.7 Å². The maximum atomic E-state index is 13.1. The van der Waals surface area contributed by atoms with E-state index in [1.165, 1.54) is 13.8 Å². The molecule has 2 aliphatic heterocycles. The Morgan fingerprint density at radius 3 is 2.44 bits per heavy atom. The monoisotopic (exact) mass is 546 g/mol. The highest BCUT2D eigenvalue weighted by Crippen LogP contribution is 2.32. The van der Waals surface area contributed by atoms with Crippen molar-refractivity contribution in [3.8, 4) is 0 Å². The first-order chi connectivity index (χ1) is 18.4. The number of nitrogens with zero attached hydrogens (tertiary/aromatic N) is 2. The number of carbonyl (C=O) groups is 3. The Bertz CT molecular complexity index is 1230. The highest BCUT2D eigenvalue weighted by molar-refractivity contribution is 5.99. The number of carboxylic acid groups (broad SMARTS) is 1. The number of rotatable bonds is 7. The third-order valence-electron chi connectivity index (χ3n) is 7.51. The van der Waals surface area contributed by atoms with Gasteiger partial charge in [-0.05, 0) is 86.8 Å². The zero-order chi connectivity index (χ0) is 28.3. The molecule has 11 heteroatoms. The van der Waals surface area contributed by atoms with Gasteiger partial charge in [0.05, 0.1) is 17.7 Å². The van der Waals surface area contributed by atoms with Crippen molar-refractivity contribution in [2.75, 3.05) is 25.0 Å². The lowest BCUT2D eigenvalue weighted by Crippen LogP contribution is -2.45. The van der Waals surface area contributed by atoms with Crippen LogP contribution in [0.3, 0.4) is 0 Å². The molecule has 0 bridgehead atoms. The number of anilines is 1. The van der Waals surface area contributed by atoms with Gasteiger partial charge in [0.15, 0.2) is 0 Å². The van der Waals surface area contributed by atoms with Crippen LogP contribution < -0.4 is 10.6 Å². The van der Waals surface area contributed by atoms with Crippen molar-refractivity contribution in [3.05, 3.63) is 57.8 Å². The Morgan fingerprint density at radius 1 is 1.15 bits per heavy atom. The van der Waals surface area contributed by atoms with Gasteiger partial charge in [-0.25, -0.2) is 9.78 Å². The van der Waals surface area contributed by atoms with Crippen molar-refractivity contribution in [1.29, 1.82) is 0 Å². The van der Waals surface area contributed by atoms with E-state index in [0.717, 1.165) is 42.9 Å². The molecule has 2 aliphatic rings. The van der Waals surface area contributed by atoms with E-state index in [4.69, 9.17) is 0 Å². The lowest BCUT2D eigenvalue weighted by molar-refractivity contribution is -0.140. The molecule has 2 amide bonds. The highest BCUT2D eigenvalue weighted by Gasteiger charge is 2.33. The molecule has 0 saturated carbocycles. The molecule has 1 aromatic heterocycles. The molecule has 4 rings (SSSR count). The number of nitrogens with one attached hydrogen (secondary N) is 2. The van der Waals surface area contributed by atoms with Gasteiger partial charge in [-0.3, -0.25) is 9.59 Å². The number of pyridine rings is 1. The minimum atomic E-state index is -4.54. The molecule has 3 heterocycles. The number of hydrogen-bond acceptors (Lipinski definition) is 5. The molecule has 0 radical (unpaired) electrons. The summed E-state index contributed by atoms with van der Waals surface area (Å²) in [6.45, 7) is 4.62. The van der Waals surface area contributed by atoms with Gasteiger partial charge in [-0.1, -0.05) is 6.07 Å². The third-order valence-corrected chi connectivity index (χ3v) is 7.51. The van der Waals surface area contributed by atoms with Crippen LogP contribution in [0.1, 0.15) is 64.0 Å². The normalized spacial score (nSPS) is 16.7. The summed E-state index contributed by atoms with van der Waals surface area (Å²) in [6.07, 6.45) is -0.982.